The summed E-state index contributed by atoms with van der Waals surface area (Å²) in [6.45, 7) is 1.94. The summed E-state index contributed by atoms with van der Waals surface area (Å²) >= 11 is 6.31. The number of nitrogens with one attached hydrogen (secondary N) is 1. The van der Waals surface area contributed by atoms with Crippen molar-refractivity contribution < 1.29 is 14.4 Å². The van der Waals surface area contributed by atoms with Crippen LogP contribution in [-0.2, 0) is 0 Å². The number of hydrogen-bond acceptors (Lipinski definition) is 3. The lowest BCUT2D eigenvalue weighted by molar-refractivity contribution is 0.0924. The molecule has 1 heterocycles. The van der Waals surface area contributed by atoms with Gasteiger partial charge in [0.05, 0.1) is 27.5 Å². The first-order valence-corrected chi connectivity index (χ1v) is 8.99. The molecule has 0 saturated carbocycles. The first-order valence-electron chi connectivity index (χ1n) is 8.61. The number of imide groups is 1. The Morgan fingerprint density at radius 2 is 1.50 bits per heavy atom. The number of aryl methyl sites for hydroxylation is 1. The zero-order valence-corrected chi connectivity index (χ0v) is 15.7. The van der Waals surface area contributed by atoms with Gasteiger partial charge in [-0.3, -0.25) is 14.4 Å². The molecule has 0 unspecified atom stereocenters. The van der Waals surface area contributed by atoms with E-state index in [0.29, 0.717) is 28.1 Å². The summed E-state index contributed by atoms with van der Waals surface area (Å²) in [5, 5.41) is 2.98. The minimum absolute atomic E-state index is 0.231. The maximum Gasteiger partial charge on any atom is 0.266 e. The van der Waals surface area contributed by atoms with Crippen molar-refractivity contribution in [2.75, 3.05) is 10.2 Å². The molecule has 3 amide bonds. The molecular weight excluding hydrogens is 376 g/mol. The molecule has 6 heteroatoms. The van der Waals surface area contributed by atoms with Crippen LogP contribution in [0.4, 0.5) is 11.4 Å². The van der Waals surface area contributed by atoms with Crippen molar-refractivity contribution in [2.45, 2.75) is 6.92 Å². The standard InChI is InChI=1S/C22H15ClN2O3/c1-13-6-8-14(9-7-13)20(26)24-19-11-10-15(12-18(19)23)25-21(27)16-4-2-3-5-17(16)22(25)28/h2-12H,1H3,(H,24,26). The zero-order chi connectivity index (χ0) is 19.8. The molecule has 0 aliphatic carbocycles. The molecular formula is C22H15ClN2O3. The van der Waals surface area contributed by atoms with Gasteiger partial charge in [0.1, 0.15) is 0 Å². The third kappa shape index (κ3) is 3.06. The van der Waals surface area contributed by atoms with Crippen LogP contribution in [-0.4, -0.2) is 17.7 Å². The Hall–Kier alpha value is -3.44. The van der Waals surface area contributed by atoms with Gasteiger partial charge < -0.3 is 5.32 Å². The number of amides is 3. The summed E-state index contributed by atoms with van der Waals surface area (Å²) < 4.78 is 0. The number of halogens is 1. The van der Waals surface area contributed by atoms with Crippen LogP contribution in [0.3, 0.4) is 0 Å². The van der Waals surface area contributed by atoms with Gasteiger partial charge in [-0.1, -0.05) is 41.4 Å². The van der Waals surface area contributed by atoms with Crippen LogP contribution in [0.15, 0.2) is 66.7 Å². The number of fused-ring (bicyclic) bond motifs is 1. The van der Waals surface area contributed by atoms with E-state index in [9.17, 15) is 14.4 Å². The average Bonchev–Trinajstić information content (AvgIpc) is 2.95. The van der Waals surface area contributed by atoms with Crippen molar-refractivity contribution in [3.8, 4) is 0 Å². The second-order valence-corrected chi connectivity index (χ2v) is 6.88. The predicted octanol–water partition coefficient (Wildman–Crippen LogP) is 4.70. The molecule has 1 N–H and O–H groups in total. The number of nitrogens with zero attached hydrogens (tertiary/aromatic N) is 1. The molecule has 138 valence electrons. The van der Waals surface area contributed by atoms with Crippen LogP contribution in [0.2, 0.25) is 5.02 Å². The molecule has 0 spiro atoms. The van der Waals surface area contributed by atoms with E-state index in [1.165, 1.54) is 6.07 Å². The third-order valence-corrected chi connectivity index (χ3v) is 4.88. The number of benzene rings is 3. The number of carbonyl (C=O) groups is 3. The highest BCUT2D eigenvalue weighted by molar-refractivity contribution is 6.37. The number of hydrogen-bond donors (Lipinski definition) is 1. The van der Waals surface area contributed by atoms with Gasteiger partial charge in [0.2, 0.25) is 0 Å². The second-order valence-electron chi connectivity index (χ2n) is 6.48. The van der Waals surface area contributed by atoms with E-state index in [-0.39, 0.29) is 10.9 Å². The van der Waals surface area contributed by atoms with Crippen molar-refractivity contribution in [1.82, 2.24) is 0 Å². The lowest BCUT2D eigenvalue weighted by atomic mass is 10.1. The summed E-state index contributed by atoms with van der Waals surface area (Å²) in [5.41, 5.74) is 3.03. The fourth-order valence-electron chi connectivity index (χ4n) is 3.07. The van der Waals surface area contributed by atoms with Crippen LogP contribution in [0, 0.1) is 6.92 Å². The summed E-state index contributed by atoms with van der Waals surface area (Å²) in [7, 11) is 0. The highest BCUT2D eigenvalue weighted by atomic mass is 35.5. The van der Waals surface area contributed by atoms with E-state index in [4.69, 9.17) is 11.6 Å². The minimum Gasteiger partial charge on any atom is -0.321 e. The Kier molecular flexibility index (Phi) is 4.45. The number of carbonyl (C=O) groups excluding carboxylic acids is 3. The van der Waals surface area contributed by atoms with Gasteiger partial charge in [-0.15, -0.1) is 0 Å². The Bertz CT molecular complexity index is 1090. The molecule has 0 atom stereocenters. The van der Waals surface area contributed by atoms with Crippen molar-refractivity contribution in [3.63, 3.8) is 0 Å². The Morgan fingerprint density at radius 3 is 2.07 bits per heavy atom. The molecule has 1 aliphatic rings. The molecule has 0 fully saturated rings. The summed E-state index contributed by atoms with van der Waals surface area (Å²) in [6.07, 6.45) is 0. The summed E-state index contributed by atoms with van der Waals surface area (Å²) in [6, 6.07) is 18.5. The molecule has 4 rings (SSSR count). The molecule has 1 aliphatic heterocycles. The van der Waals surface area contributed by atoms with Crippen LogP contribution in [0.1, 0.15) is 36.6 Å². The van der Waals surface area contributed by atoms with Gasteiger partial charge in [0.25, 0.3) is 17.7 Å². The van der Waals surface area contributed by atoms with Crippen molar-refractivity contribution in [3.05, 3.63) is 94.0 Å². The highest BCUT2D eigenvalue weighted by Crippen LogP contribution is 2.33. The smallest absolute Gasteiger partial charge is 0.266 e. The Balaban J connectivity index is 1.59. The SMILES string of the molecule is Cc1ccc(C(=O)Nc2ccc(N3C(=O)c4ccccc4C3=O)cc2Cl)cc1. The summed E-state index contributed by atoms with van der Waals surface area (Å²) in [5.74, 6) is -1.09. The largest absolute Gasteiger partial charge is 0.321 e. The quantitative estimate of drug-likeness (QED) is 0.659. The van der Waals surface area contributed by atoms with Crippen molar-refractivity contribution in [2.24, 2.45) is 0 Å². The lowest BCUT2D eigenvalue weighted by Gasteiger charge is -2.16. The van der Waals surface area contributed by atoms with Gasteiger partial charge in [-0.2, -0.15) is 0 Å². The maximum absolute atomic E-state index is 12.6. The van der Waals surface area contributed by atoms with Gasteiger partial charge in [-0.25, -0.2) is 4.90 Å². The van der Waals surface area contributed by atoms with E-state index in [2.05, 4.69) is 5.32 Å². The molecule has 0 saturated heterocycles. The van der Waals surface area contributed by atoms with Crippen LogP contribution in [0.5, 0.6) is 0 Å². The predicted molar refractivity (Wildman–Crippen MR) is 108 cm³/mol. The van der Waals surface area contributed by atoms with E-state index in [1.54, 1.807) is 48.5 Å². The topological polar surface area (TPSA) is 66.5 Å². The van der Waals surface area contributed by atoms with Crippen molar-refractivity contribution >= 4 is 40.7 Å². The van der Waals surface area contributed by atoms with Gasteiger partial charge in [0, 0.05) is 5.56 Å². The molecule has 3 aromatic rings. The van der Waals surface area contributed by atoms with Crippen LogP contribution < -0.4 is 10.2 Å². The molecule has 3 aromatic carbocycles. The highest BCUT2D eigenvalue weighted by Gasteiger charge is 2.36. The Labute approximate surface area is 166 Å². The first kappa shape index (κ1) is 17.9. The molecule has 28 heavy (non-hydrogen) atoms. The monoisotopic (exact) mass is 390 g/mol. The van der Waals surface area contributed by atoms with E-state index < -0.39 is 11.8 Å². The van der Waals surface area contributed by atoms with Gasteiger partial charge in [0.15, 0.2) is 0 Å². The third-order valence-electron chi connectivity index (χ3n) is 4.57. The fraction of sp³-hybridized carbons (Fsp3) is 0.0455. The first-order chi connectivity index (χ1) is 13.5. The second kappa shape index (κ2) is 6.94. The van der Waals surface area contributed by atoms with Gasteiger partial charge >= 0.3 is 0 Å². The lowest BCUT2D eigenvalue weighted by Crippen LogP contribution is -2.29. The molecule has 0 radical (unpaired) electrons. The maximum atomic E-state index is 12.6. The van der Waals surface area contributed by atoms with Crippen molar-refractivity contribution in [1.29, 1.82) is 0 Å². The molecule has 0 bridgehead atoms. The van der Waals surface area contributed by atoms with E-state index in [1.807, 2.05) is 19.1 Å². The Morgan fingerprint density at radius 1 is 0.893 bits per heavy atom. The van der Waals surface area contributed by atoms with Crippen LogP contribution >= 0.6 is 11.6 Å². The van der Waals surface area contributed by atoms with E-state index in [0.717, 1.165) is 10.5 Å². The normalized spacial score (nSPS) is 12.9. The number of anilines is 2. The van der Waals surface area contributed by atoms with Crippen LogP contribution in [0.25, 0.3) is 0 Å². The average molecular weight is 391 g/mol. The van der Waals surface area contributed by atoms with Gasteiger partial charge in [-0.05, 0) is 49.4 Å². The molecule has 5 nitrogen and oxygen atoms in total. The number of rotatable bonds is 3. The minimum atomic E-state index is -0.395. The molecule has 0 aromatic heterocycles. The fourth-order valence-corrected chi connectivity index (χ4v) is 3.29. The summed E-state index contributed by atoms with van der Waals surface area (Å²) in [4.78, 5) is 38.6. The van der Waals surface area contributed by atoms with E-state index >= 15 is 0 Å². The zero-order valence-electron chi connectivity index (χ0n) is 14.9.